The largest absolute Gasteiger partial charge is 0.390 e. The summed E-state index contributed by atoms with van der Waals surface area (Å²) in [4.78, 5) is 8.46. The first-order valence-corrected chi connectivity index (χ1v) is 7.52. The summed E-state index contributed by atoms with van der Waals surface area (Å²) in [5, 5.41) is 18.7. The van der Waals surface area contributed by atoms with Gasteiger partial charge in [0.25, 0.3) is 0 Å². The number of hydrogen-bond acceptors (Lipinski definition) is 7. The molecule has 0 amide bonds. The number of fused-ring (bicyclic) bond motifs is 2. The Hall–Kier alpha value is -1.35. The van der Waals surface area contributed by atoms with Crippen molar-refractivity contribution in [1.82, 2.24) is 25.0 Å². The van der Waals surface area contributed by atoms with Gasteiger partial charge < -0.3 is 14.6 Å². The molecule has 2 aromatic heterocycles. The molecule has 3 heterocycles. The van der Waals surface area contributed by atoms with Crippen LogP contribution in [0.3, 0.4) is 0 Å². The van der Waals surface area contributed by atoms with E-state index in [4.69, 9.17) is 21.1 Å². The highest BCUT2D eigenvalue weighted by atomic mass is 35.5. The van der Waals surface area contributed by atoms with E-state index in [1.165, 1.54) is 0 Å². The standard InChI is InChI=1S/C13H16ClN5O3/c1-5-15-11(14)8-12(16-5)19(18-17-8)6-4-7(20)10-9(6)21-13(2,3)22-10/h6-7,9-10,20H,4H2,1-3H3/t6-,7+,9+,10-/m1/s1. The summed E-state index contributed by atoms with van der Waals surface area (Å²) in [5.74, 6) is -0.187. The lowest BCUT2D eigenvalue weighted by Gasteiger charge is -2.22. The zero-order valence-electron chi connectivity index (χ0n) is 12.4. The molecule has 8 nitrogen and oxygen atoms in total. The molecular weight excluding hydrogens is 310 g/mol. The Morgan fingerprint density at radius 3 is 2.77 bits per heavy atom. The molecule has 0 aromatic carbocycles. The zero-order valence-corrected chi connectivity index (χ0v) is 13.2. The third-order valence-electron chi connectivity index (χ3n) is 4.11. The van der Waals surface area contributed by atoms with Gasteiger partial charge in [-0.1, -0.05) is 16.8 Å². The monoisotopic (exact) mass is 325 g/mol. The molecule has 1 N–H and O–H groups in total. The van der Waals surface area contributed by atoms with Gasteiger partial charge in [0.2, 0.25) is 0 Å². The van der Waals surface area contributed by atoms with Crippen molar-refractivity contribution in [2.24, 2.45) is 0 Å². The van der Waals surface area contributed by atoms with E-state index in [1.807, 2.05) is 13.8 Å². The van der Waals surface area contributed by atoms with Gasteiger partial charge in [-0.25, -0.2) is 14.6 Å². The SMILES string of the molecule is Cc1nc(Cl)c2nnn([C@@H]3C[C@H](O)[C@H]4OC(C)(C)O[C@H]43)c2n1. The molecule has 22 heavy (non-hydrogen) atoms. The lowest BCUT2D eigenvalue weighted by molar-refractivity contribution is -0.165. The van der Waals surface area contributed by atoms with Crippen LogP contribution in [0.2, 0.25) is 5.15 Å². The Kier molecular flexibility index (Phi) is 2.96. The topological polar surface area (TPSA) is 95.2 Å². The van der Waals surface area contributed by atoms with E-state index in [-0.39, 0.29) is 23.4 Å². The summed E-state index contributed by atoms with van der Waals surface area (Å²) >= 11 is 6.10. The summed E-state index contributed by atoms with van der Waals surface area (Å²) in [6.07, 6.45) is -0.832. The second-order valence-corrected chi connectivity index (χ2v) is 6.56. The first kappa shape index (κ1) is 14.3. The van der Waals surface area contributed by atoms with Gasteiger partial charge in [0, 0.05) is 6.42 Å². The van der Waals surface area contributed by atoms with Crippen LogP contribution in [-0.4, -0.2) is 54.2 Å². The van der Waals surface area contributed by atoms with Crippen molar-refractivity contribution in [2.45, 2.75) is 57.3 Å². The molecule has 118 valence electrons. The molecule has 0 radical (unpaired) electrons. The van der Waals surface area contributed by atoms with Crippen LogP contribution in [0.1, 0.15) is 32.1 Å². The van der Waals surface area contributed by atoms with Crippen LogP contribution in [-0.2, 0) is 9.47 Å². The predicted molar refractivity (Wildman–Crippen MR) is 76.4 cm³/mol. The van der Waals surface area contributed by atoms with E-state index in [1.54, 1.807) is 11.6 Å². The van der Waals surface area contributed by atoms with E-state index in [9.17, 15) is 5.11 Å². The van der Waals surface area contributed by atoms with Crippen molar-refractivity contribution in [1.29, 1.82) is 0 Å². The van der Waals surface area contributed by atoms with Crippen LogP contribution in [0.5, 0.6) is 0 Å². The van der Waals surface area contributed by atoms with Crippen molar-refractivity contribution in [3.63, 3.8) is 0 Å². The van der Waals surface area contributed by atoms with Crippen LogP contribution < -0.4 is 0 Å². The van der Waals surface area contributed by atoms with Gasteiger partial charge in [0.15, 0.2) is 22.1 Å². The minimum Gasteiger partial charge on any atom is -0.390 e. The highest BCUT2D eigenvalue weighted by Crippen LogP contribution is 2.44. The molecule has 0 bridgehead atoms. The van der Waals surface area contributed by atoms with Crippen molar-refractivity contribution in [3.05, 3.63) is 11.0 Å². The summed E-state index contributed by atoms with van der Waals surface area (Å²) in [6.45, 7) is 5.42. The fraction of sp³-hybridized carbons (Fsp3) is 0.692. The van der Waals surface area contributed by atoms with Gasteiger partial charge in [-0.3, -0.25) is 0 Å². The third kappa shape index (κ3) is 2.02. The quantitative estimate of drug-likeness (QED) is 0.782. The average molecular weight is 326 g/mol. The number of ether oxygens (including phenoxy) is 2. The fourth-order valence-electron chi connectivity index (χ4n) is 3.29. The molecule has 1 saturated carbocycles. The summed E-state index contributed by atoms with van der Waals surface area (Å²) in [5.41, 5.74) is 0.993. The summed E-state index contributed by atoms with van der Waals surface area (Å²) < 4.78 is 13.4. The van der Waals surface area contributed by atoms with Gasteiger partial charge in [-0.2, -0.15) is 0 Å². The maximum Gasteiger partial charge on any atom is 0.183 e. The van der Waals surface area contributed by atoms with E-state index in [0.717, 1.165) is 0 Å². The third-order valence-corrected chi connectivity index (χ3v) is 4.38. The maximum absolute atomic E-state index is 10.3. The van der Waals surface area contributed by atoms with Crippen LogP contribution in [0.25, 0.3) is 11.2 Å². The number of rotatable bonds is 1. The van der Waals surface area contributed by atoms with Crippen molar-refractivity contribution in [2.75, 3.05) is 0 Å². The molecule has 1 saturated heterocycles. The molecule has 2 aliphatic rings. The Labute approximate surface area is 131 Å². The smallest absolute Gasteiger partial charge is 0.183 e. The van der Waals surface area contributed by atoms with Gasteiger partial charge in [-0.05, 0) is 20.8 Å². The lowest BCUT2D eigenvalue weighted by Crippen LogP contribution is -2.29. The molecule has 4 atom stereocenters. The minimum atomic E-state index is -0.728. The van der Waals surface area contributed by atoms with Crippen LogP contribution in [0.15, 0.2) is 0 Å². The Balaban J connectivity index is 1.79. The van der Waals surface area contributed by atoms with Crippen molar-refractivity contribution >= 4 is 22.8 Å². The second-order valence-electron chi connectivity index (χ2n) is 6.20. The molecule has 1 aliphatic carbocycles. The van der Waals surface area contributed by atoms with Gasteiger partial charge in [0.1, 0.15) is 18.0 Å². The van der Waals surface area contributed by atoms with E-state index >= 15 is 0 Å². The number of halogens is 1. The van der Waals surface area contributed by atoms with Crippen LogP contribution in [0.4, 0.5) is 0 Å². The number of aromatic nitrogens is 5. The first-order chi connectivity index (χ1) is 10.4. The number of aryl methyl sites for hydroxylation is 1. The van der Waals surface area contributed by atoms with Crippen molar-refractivity contribution < 1.29 is 14.6 Å². The predicted octanol–water partition coefficient (Wildman–Crippen LogP) is 1.01. The Morgan fingerprint density at radius 1 is 1.27 bits per heavy atom. The molecule has 1 aliphatic heterocycles. The highest BCUT2D eigenvalue weighted by molar-refractivity contribution is 6.33. The molecule has 2 aromatic rings. The molecule has 2 fully saturated rings. The number of aliphatic hydroxyl groups excluding tert-OH is 1. The zero-order chi connectivity index (χ0) is 15.6. The normalized spacial score (nSPS) is 33.5. The Bertz CT molecular complexity index is 749. The summed E-state index contributed by atoms with van der Waals surface area (Å²) in [7, 11) is 0. The number of aliphatic hydroxyl groups is 1. The second kappa shape index (κ2) is 4.58. The van der Waals surface area contributed by atoms with Gasteiger partial charge in [-0.15, -0.1) is 5.10 Å². The van der Waals surface area contributed by atoms with Gasteiger partial charge in [0.05, 0.1) is 12.1 Å². The maximum atomic E-state index is 10.3. The summed E-state index contributed by atoms with van der Waals surface area (Å²) in [6, 6.07) is -0.211. The molecule has 9 heteroatoms. The lowest BCUT2D eigenvalue weighted by atomic mass is 10.2. The highest BCUT2D eigenvalue weighted by Gasteiger charge is 2.55. The number of hydrogen-bond donors (Lipinski definition) is 1. The van der Waals surface area contributed by atoms with E-state index in [2.05, 4.69) is 20.3 Å². The molecular formula is C13H16ClN5O3. The minimum absolute atomic E-state index is 0.211. The van der Waals surface area contributed by atoms with Crippen LogP contribution >= 0.6 is 11.6 Å². The molecule has 0 spiro atoms. The Morgan fingerprint density at radius 2 is 2.00 bits per heavy atom. The average Bonchev–Trinajstić information content (AvgIpc) is 3.03. The van der Waals surface area contributed by atoms with Gasteiger partial charge >= 0.3 is 0 Å². The molecule has 0 unspecified atom stereocenters. The first-order valence-electron chi connectivity index (χ1n) is 7.14. The van der Waals surface area contributed by atoms with E-state index < -0.39 is 11.9 Å². The molecule has 4 rings (SSSR count). The number of nitrogens with zero attached hydrogens (tertiary/aromatic N) is 5. The fourth-order valence-corrected chi connectivity index (χ4v) is 3.53. The van der Waals surface area contributed by atoms with Crippen molar-refractivity contribution in [3.8, 4) is 0 Å². The van der Waals surface area contributed by atoms with Crippen LogP contribution in [0, 0.1) is 6.92 Å². The van der Waals surface area contributed by atoms with E-state index in [0.29, 0.717) is 23.4 Å².